The van der Waals surface area contributed by atoms with Crippen molar-refractivity contribution in [2.24, 2.45) is 5.41 Å². The molecule has 1 saturated carbocycles. The van der Waals surface area contributed by atoms with Crippen molar-refractivity contribution < 1.29 is 9.90 Å². The van der Waals surface area contributed by atoms with Crippen LogP contribution in [0.4, 0.5) is 0 Å². The van der Waals surface area contributed by atoms with Crippen molar-refractivity contribution in [3.63, 3.8) is 0 Å². The fraction of sp³-hybridized carbons (Fsp3) is 0.588. The van der Waals surface area contributed by atoms with E-state index in [2.05, 4.69) is 19.2 Å². The van der Waals surface area contributed by atoms with Gasteiger partial charge in [0.1, 0.15) is 0 Å². The molecule has 3 nitrogen and oxygen atoms in total. The molecule has 4 heteroatoms. The molecule has 1 aromatic carbocycles. The molecule has 0 heterocycles. The van der Waals surface area contributed by atoms with Crippen molar-refractivity contribution in [3.8, 4) is 0 Å². The molecule has 1 aromatic rings. The first kappa shape index (κ1) is 16.3. The Kier molecular flexibility index (Phi) is 4.95. The van der Waals surface area contributed by atoms with Crippen LogP contribution in [0.3, 0.4) is 0 Å². The van der Waals surface area contributed by atoms with E-state index >= 15 is 0 Å². The maximum atomic E-state index is 12.0. The van der Waals surface area contributed by atoms with E-state index in [9.17, 15) is 9.90 Å². The average molecular weight is 310 g/mol. The summed E-state index contributed by atoms with van der Waals surface area (Å²) < 4.78 is 0. The first-order valence-corrected chi connectivity index (χ1v) is 7.89. The Morgan fingerprint density at radius 3 is 2.57 bits per heavy atom. The molecule has 1 aliphatic carbocycles. The van der Waals surface area contributed by atoms with E-state index in [1.54, 1.807) is 12.1 Å². The van der Waals surface area contributed by atoms with Crippen molar-refractivity contribution in [2.75, 3.05) is 6.54 Å². The third kappa shape index (κ3) is 5.01. The summed E-state index contributed by atoms with van der Waals surface area (Å²) in [5.74, 6) is -0.0736. The minimum Gasteiger partial charge on any atom is -0.388 e. The molecular weight excluding hydrogens is 286 g/mol. The van der Waals surface area contributed by atoms with E-state index in [-0.39, 0.29) is 5.91 Å². The Morgan fingerprint density at radius 2 is 1.95 bits per heavy atom. The van der Waals surface area contributed by atoms with Gasteiger partial charge in [0.25, 0.3) is 0 Å². The van der Waals surface area contributed by atoms with Crippen LogP contribution in [0.15, 0.2) is 24.3 Å². The number of hydrogen-bond donors (Lipinski definition) is 2. The molecule has 0 saturated heterocycles. The molecule has 1 amide bonds. The number of rotatable bonds is 4. The Bertz CT molecular complexity index is 503. The normalized spacial score (nSPS) is 20.0. The molecule has 0 bridgehead atoms. The van der Waals surface area contributed by atoms with Crippen molar-refractivity contribution in [1.29, 1.82) is 0 Å². The molecule has 0 unspecified atom stereocenters. The molecule has 0 spiro atoms. The Labute approximate surface area is 131 Å². The SMILES string of the molecule is CC1(C)CCC(O)(CNC(=O)Cc2cccc(Cl)c2)CC1. The van der Waals surface area contributed by atoms with Crippen LogP contribution < -0.4 is 5.32 Å². The fourth-order valence-corrected chi connectivity index (χ4v) is 2.94. The smallest absolute Gasteiger partial charge is 0.224 e. The van der Waals surface area contributed by atoms with Crippen molar-refractivity contribution in [2.45, 2.75) is 51.6 Å². The molecule has 2 rings (SSSR count). The minimum absolute atomic E-state index is 0.0736. The number of aliphatic hydroxyl groups is 1. The van der Waals surface area contributed by atoms with Gasteiger partial charge in [0, 0.05) is 11.6 Å². The summed E-state index contributed by atoms with van der Waals surface area (Å²) in [6.07, 6.45) is 3.78. The molecule has 0 radical (unpaired) electrons. The van der Waals surface area contributed by atoms with Crippen LogP contribution in [0.5, 0.6) is 0 Å². The number of amides is 1. The van der Waals surface area contributed by atoms with Gasteiger partial charge < -0.3 is 10.4 Å². The molecule has 0 atom stereocenters. The summed E-state index contributed by atoms with van der Waals surface area (Å²) in [5.41, 5.74) is 0.438. The van der Waals surface area contributed by atoms with Gasteiger partial charge in [0.05, 0.1) is 12.0 Å². The van der Waals surface area contributed by atoms with E-state index in [0.717, 1.165) is 31.2 Å². The lowest BCUT2D eigenvalue weighted by Gasteiger charge is -2.40. The zero-order chi connectivity index (χ0) is 15.5. The van der Waals surface area contributed by atoms with Gasteiger partial charge in [-0.25, -0.2) is 0 Å². The van der Waals surface area contributed by atoms with Crippen LogP contribution in [0.1, 0.15) is 45.1 Å². The monoisotopic (exact) mass is 309 g/mol. The maximum absolute atomic E-state index is 12.0. The average Bonchev–Trinajstić information content (AvgIpc) is 2.41. The summed E-state index contributed by atoms with van der Waals surface area (Å²) in [5, 5.41) is 14.0. The standard InChI is InChI=1S/C17H24ClNO2/c1-16(2)6-8-17(21,9-7-16)12-19-15(20)11-13-4-3-5-14(18)10-13/h3-5,10,21H,6-9,11-12H2,1-2H3,(H,19,20). The van der Waals surface area contributed by atoms with Gasteiger partial charge in [0.2, 0.25) is 5.91 Å². The number of hydrogen-bond acceptors (Lipinski definition) is 2. The molecule has 1 fully saturated rings. The van der Waals surface area contributed by atoms with E-state index < -0.39 is 5.60 Å². The molecule has 1 aliphatic rings. The van der Waals surface area contributed by atoms with E-state index in [0.29, 0.717) is 23.4 Å². The second-order valence-electron chi connectivity index (χ2n) is 6.97. The second kappa shape index (κ2) is 6.37. The predicted molar refractivity (Wildman–Crippen MR) is 85.4 cm³/mol. The molecule has 2 N–H and O–H groups in total. The number of nitrogens with one attached hydrogen (secondary N) is 1. The van der Waals surface area contributed by atoms with Crippen LogP contribution in [-0.2, 0) is 11.2 Å². The molecule has 116 valence electrons. The highest BCUT2D eigenvalue weighted by molar-refractivity contribution is 6.30. The van der Waals surface area contributed by atoms with Gasteiger partial charge in [-0.3, -0.25) is 4.79 Å². The van der Waals surface area contributed by atoms with Crippen LogP contribution in [-0.4, -0.2) is 23.2 Å². The zero-order valence-electron chi connectivity index (χ0n) is 12.8. The minimum atomic E-state index is -0.750. The van der Waals surface area contributed by atoms with Gasteiger partial charge >= 0.3 is 0 Å². The summed E-state index contributed by atoms with van der Waals surface area (Å²) in [7, 11) is 0. The molecule has 0 aliphatic heterocycles. The van der Waals surface area contributed by atoms with E-state index in [4.69, 9.17) is 11.6 Å². The molecular formula is C17H24ClNO2. The summed E-state index contributed by atoms with van der Waals surface area (Å²) in [6, 6.07) is 7.29. The third-order valence-corrected chi connectivity index (χ3v) is 4.64. The lowest BCUT2D eigenvalue weighted by atomic mass is 9.71. The first-order chi connectivity index (χ1) is 9.78. The lowest BCUT2D eigenvalue weighted by Crippen LogP contribution is -2.46. The summed E-state index contributed by atoms with van der Waals surface area (Å²) in [4.78, 5) is 12.0. The summed E-state index contributed by atoms with van der Waals surface area (Å²) >= 11 is 5.90. The van der Waals surface area contributed by atoms with Gasteiger partial charge in [-0.1, -0.05) is 37.6 Å². The van der Waals surface area contributed by atoms with E-state index in [1.165, 1.54) is 0 Å². The highest BCUT2D eigenvalue weighted by Gasteiger charge is 2.36. The van der Waals surface area contributed by atoms with E-state index in [1.807, 2.05) is 12.1 Å². The van der Waals surface area contributed by atoms with Crippen LogP contribution in [0.2, 0.25) is 5.02 Å². The summed E-state index contributed by atoms with van der Waals surface area (Å²) in [6.45, 7) is 4.79. The molecule has 0 aromatic heterocycles. The van der Waals surface area contributed by atoms with Crippen LogP contribution >= 0.6 is 11.6 Å². The Hall–Kier alpha value is -1.06. The Morgan fingerprint density at radius 1 is 1.29 bits per heavy atom. The number of benzene rings is 1. The zero-order valence-corrected chi connectivity index (χ0v) is 13.5. The second-order valence-corrected chi connectivity index (χ2v) is 7.41. The Balaban J connectivity index is 1.81. The van der Waals surface area contributed by atoms with Crippen LogP contribution in [0.25, 0.3) is 0 Å². The van der Waals surface area contributed by atoms with Crippen molar-refractivity contribution >= 4 is 17.5 Å². The third-order valence-electron chi connectivity index (χ3n) is 4.40. The molecule has 21 heavy (non-hydrogen) atoms. The van der Waals surface area contributed by atoms with Gasteiger partial charge in [0.15, 0.2) is 0 Å². The van der Waals surface area contributed by atoms with Gasteiger partial charge in [-0.2, -0.15) is 0 Å². The van der Waals surface area contributed by atoms with Crippen LogP contribution in [0, 0.1) is 5.41 Å². The van der Waals surface area contributed by atoms with Gasteiger partial charge in [-0.05, 0) is 48.8 Å². The highest BCUT2D eigenvalue weighted by atomic mass is 35.5. The highest BCUT2D eigenvalue weighted by Crippen LogP contribution is 2.39. The largest absolute Gasteiger partial charge is 0.388 e. The number of carbonyl (C=O) groups is 1. The lowest BCUT2D eigenvalue weighted by molar-refractivity contribution is -0.122. The van der Waals surface area contributed by atoms with Crippen molar-refractivity contribution in [3.05, 3.63) is 34.9 Å². The maximum Gasteiger partial charge on any atom is 0.224 e. The van der Waals surface area contributed by atoms with Gasteiger partial charge in [-0.15, -0.1) is 0 Å². The predicted octanol–water partition coefficient (Wildman–Crippen LogP) is 3.33. The van der Waals surface area contributed by atoms with Crippen molar-refractivity contribution in [1.82, 2.24) is 5.32 Å². The number of carbonyl (C=O) groups excluding carboxylic acids is 1. The quantitative estimate of drug-likeness (QED) is 0.896. The topological polar surface area (TPSA) is 49.3 Å². The fourth-order valence-electron chi connectivity index (χ4n) is 2.73. The first-order valence-electron chi connectivity index (χ1n) is 7.52. The number of halogens is 1.